The largest absolute Gasteiger partial charge is 0.491 e. The third-order valence-corrected chi connectivity index (χ3v) is 6.01. The number of hydrogen-bond acceptors (Lipinski definition) is 4. The van der Waals surface area contributed by atoms with E-state index in [1.165, 1.54) is 11.8 Å². The molecule has 3 atom stereocenters. The normalized spacial score (nSPS) is 29.8. The van der Waals surface area contributed by atoms with Gasteiger partial charge in [0.1, 0.15) is 22.2 Å². The van der Waals surface area contributed by atoms with E-state index in [2.05, 4.69) is 11.4 Å². The number of ether oxygens (including phenoxy) is 1. The Balaban J connectivity index is 1.67. The van der Waals surface area contributed by atoms with Gasteiger partial charge in [-0.3, -0.25) is 0 Å². The van der Waals surface area contributed by atoms with E-state index in [4.69, 9.17) is 4.74 Å². The predicted octanol–water partition coefficient (Wildman–Crippen LogP) is 2.07. The molecule has 1 heterocycles. The van der Waals surface area contributed by atoms with Crippen LogP contribution in [-0.2, 0) is 9.84 Å². The summed E-state index contributed by atoms with van der Waals surface area (Å²) in [6.07, 6.45) is 4.90. The molecule has 0 aromatic heterocycles. The van der Waals surface area contributed by atoms with Gasteiger partial charge >= 0.3 is 0 Å². The molecule has 0 saturated heterocycles. The molecule has 2 aliphatic rings. The van der Waals surface area contributed by atoms with Gasteiger partial charge in [-0.05, 0) is 25.3 Å². The van der Waals surface area contributed by atoms with Crippen LogP contribution in [0.5, 0.6) is 5.75 Å². The molecule has 1 aromatic carbocycles. The molecule has 3 rings (SSSR count). The third kappa shape index (κ3) is 2.83. The molecular formula is C15H21NO3S. The Morgan fingerprint density at radius 3 is 2.85 bits per heavy atom. The second-order valence-electron chi connectivity index (χ2n) is 5.88. The zero-order valence-corrected chi connectivity index (χ0v) is 12.5. The summed E-state index contributed by atoms with van der Waals surface area (Å²) in [7, 11) is -2.92. The number of para-hydroxylation sites is 1. The topological polar surface area (TPSA) is 55.4 Å². The number of fused-ring (bicyclic) bond motifs is 1. The third-order valence-electron chi connectivity index (χ3n) is 4.37. The minimum absolute atomic E-state index is 0.189. The van der Waals surface area contributed by atoms with Gasteiger partial charge in [0.15, 0.2) is 0 Å². The van der Waals surface area contributed by atoms with Gasteiger partial charge < -0.3 is 10.1 Å². The quantitative estimate of drug-likeness (QED) is 0.927. The van der Waals surface area contributed by atoms with Gasteiger partial charge in [-0.25, -0.2) is 8.42 Å². The van der Waals surface area contributed by atoms with Crippen molar-refractivity contribution in [2.45, 2.75) is 43.0 Å². The van der Waals surface area contributed by atoms with E-state index in [1.807, 2.05) is 18.2 Å². The van der Waals surface area contributed by atoms with Gasteiger partial charge in [0, 0.05) is 17.9 Å². The van der Waals surface area contributed by atoms with Crippen molar-refractivity contribution in [2.75, 3.05) is 12.9 Å². The fraction of sp³-hybridized carbons (Fsp3) is 0.600. The number of hydrogen-bond donors (Lipinski definition) is 1. The van der Waals surface area contributed by atoms with E-state index >= 15 is 0 Å². The molecule has 20 heavy (non-hydrogen) atoms. The van der Waals surface area contributed by atoms with Gasteiger partial charge in [-0.2, -0.15) is 0 Å². The molecule has 0 bridgehead atoms. The van der Waals surface area contributed by atoms with Crippen LogP contribution in [0.25, 0.3) is 0 Å². The molecule has 1 aromatic rings. The van der Waals surface area contributed by atoms with Gasteiger partial charge in [0.25, 0.3) is 0 Å². The van der Waals surface area contributed by atoms with Crippen LogP contribution in [0.4, 0.5) is 0 Å². The number of rotatable bonds is 3. The van der Waals surface area contributed by atoms with Crippen molar-refractivity contribution >= 4 is 9.84 Å². The maximum Gasteiger partial charge on any atom is 0.150 e. The first-order chi connectivity index (χ1) is 9.54. The van der Waals surface area contributed by atoms with Crippen LogP contribution in [0, 0.1) is 0 Å². The van der Waals surface area contributed by atoms with Gasteiger partial charge in [-0.1, -0.05) is 24.6 Å². The van der Waals surface area contributed by atoms with Crippen molar-refractivity contribution in [3.63, 3.8) is 0 Å². The maximum absolute atomic E-state index is 11.7. The standard InChI is InChI=1S/C15H21NO3S/c1-20(17,18)12-6-4-5-11(9-12)16-14-10-19-15-8-3-2-7-13(14)15/h2-3,7-8,11-12,14,16H,4-6,9-10H2,1H3. The smallest absolute Gasteiger partial charge is 0.150 e. The van der Waals surface area contributed by atoms with E-state index in [9.17, 15) is 8.42 Å². The lowest BCUT2D eigenvalue weighted by Crippen LogP contribution is -2.40. The highest BCUT2D eigenvalue weighted by Crippen LogP contribution is 2.33. The van der Waals surface area contributed by atoms with Crippen molar-refractivity contribution in [1.29, 1.82) is 0 Å². The van der Waals surface area contributed by atoms with Gasteiger partial charge in [0.2, 0.25) is 0 Å². The highest BCUT2D eigenvalue weighted by molar-refractivity contribution is 7.91. The van der Waals surface area contributed by atoms with Crippen LogP contribution >= 0.6 is 0 Å². The molecule has 1 fully saturated rings. The van der Waals surface area contributed by atoms with Gasteiger partial charge in [0.05, 0.1) is 11.3 Å². The highest BCUT2D eigenvalue weighted by Gasteiger charge is 2.32. The molecule has 1 N–H and O–H groups in total. The van der Waals surface area contributed by atoms with E-state index in [0.717, 1.165) is 31.4 Å². The summed E-state index contributed by atoms with van der Waals surface area (Å²) >= 11 is 0. The zero-order valence-electron chi connectivity index (χ0n) is 11.7. The predicted molar refractivity (Wildman–Crippen MR) is 78.7 cm³/mol. The number of nitrogens with one attached hydrogen (secondary N) is 1. The summed E-state index contributed by atoms with van der Waals surface area (Å²) < 4.78 is 29.1. The minimum atomic E-state index is -2.92. The van der Waals surface area contributed by atoms with E-state index in [1.54, 1.807) is 0 Å². The average molecular weight is 295 g/mol. The fourth-order valence-corrected chi connectivity index (χ4v) is 4.45. The molecule has 0 amide bonds. The Morgan fingerprint density at radius 1 is 1.25 bits per heavy atom. The lowest BCUT2D eigenvalue weighted by molar-refractivity contribution is 0.275. The van der Waals surface area contributed by atoms with Crippen molar-refractivity contribution in [3.05, 3.63) is 29.8 Å². The zero-order chi connectivity index (χ0) is 14.2. The van der Waals surface area contributed by atoms with Crippen LogP contribution < -0.4 is 10.1 Å². The summed E-state index contributed by atoms with van der Waals surface area (Å²) in [6, 6.07) is 8.51. The molecule has 5 heteroatoms. The molecule has 0 spiro atoms. The maximum atomic E-state index is 11.7. The summed E-state index contributed by atoms with van der Waals surface area (Å²) in [5, 5.41) is 3.40. The van der Waals surface area contributed by atoms with E-state index < -0.39 is 9.84 Å². The SMILES string of the molecule is CS(=O)(=O)C1CCCC(NC2COc3ccccc32)C1. The first-order valence-electron chi connectivity index (χ1n) is 7.20. The van der Waals surface area contributed by atoms with Crippen molar-refractivity contribution < 1.29 is 13.2 Å². The molecule has 1 aliphatic carbocycles. The second-order valence-corrected chi connectivity index (χ2v) is 8.21. The van der Waals surface area contributed by atoms with Crippen LogP contribution in [-0.4, -0.2) is 32.6 Å². The van der Waals surface area contributed by atoms with Gasteiger partial charge in [-0.15, -0.1) is 0 Å². The minimum Gasteiger partial charge on any atom is -0.491 e. The molecule has 3 unspecified atom stereocenters. The van der Waals surface area contributed by atoms with E-state index in [0.29, 0.717) is 6.61 Å². The van der Waals surface area contributed by atoms with E-state index in [-0.39, 0.29) is 17.3 Å². The Kier molecular flexibility index (Phi) is 3.73. The lowest BCUT2D eigenvalue weighted by Gasteiger charge is -2.30. The molecule has 1 saturated carbocycles. The van der Waals surface area contributed by atoms with Crippen molar-refractivity contribution in [1.82, 2.24) is 5.32 Å². The molecular weight excluding hydrogens is 274 g/mol. The van der Waals surface area contributed by atoms with Crippen LogP contribution in [0.3, 0.4) is 0 Å². The Morgan fingerprint density at radius 2 is 2.05 bits per heavy atom. The van der Waals surface area contributed by atoms with Crippen LogP contribution in [0.2, 0.25) is 0 Å². The molecule has 110 valence electrons. The lowest BCUT2D eigenvalue weighted by atomic mass is 9.93. The summed E-state index contributed by atoms with van der Waals surface area (Å²) in [4.78, 5) is 0. The van der Waals surface area contributed by atoms with Crippen LogP contribution in [0.15, 0.2) is 24.3 Å². The van der Waals surface area contributed by atoms with Crippen molar-refractivity contribution in [3.8, 4) is 5.75 Å². The number of benzene rings is 1. The summed E-state index contributed by atoms with van der Waals surface area (Å²) in [5.74, 6) is 0.945. The number of sulfone groups is 1. The summed E-state index contributed by atoms with van der Waals surface area (Å²) in [5.41, 5.74) is 1.19. The first-order valence-corrected chi connectivity index (χ1v) is 9.16. The highest BCUT2D eigenvalue weighted by atomic mass is 32.2. The van der Waals surface area contributed by atoms with Crippen molar-refractivity contribution in [2.24, 2.45) is 0 Å². The Hall–Kier alpha value is -1.07. The fourth-order valence-electron chi connectivity index (χ4n) is 3.27. The second kappa shape index (κ2) is 5.37. The molecule has 1 aliphatic heterocycles. The molecule has 0 radical (unpaired) electrons. The monoisotopic (exact) mass is 295 g/mol. The molecule has 4 nitrogen and oxygen atoms in total. The Labute approximate surface area is 120 Å². The first kappa shape index (κ1) is 13.9. The average Bonchev–Trinajstić information content (AvgIpc) is 2.82. The van der Waals surface area contributed by atoms with Crippen LogP contribution in [0.1, 0.15) is 37.3 Å². The Bertz CT molecular complexity index is 585. The summed E-state index contributed by atoms with van der Waals surface area (Å²) in [6.45, 7) is 0.638.